The largest absolute Gasteiger partial charge is 0.366 e. The Kier molecular flexibility index (Phi) is 4.49. The summed E-state index contributed by atoms with van der Waals surface area (Å²) < 4.78 is 13.4. The Balaban J connectivity index is 2.10. The second kappa shape index (κ2) is 6.32. The van der Waals surface area contributed by atoms with Crippen LogP contribution in [0, 0.1) is 12.7 Å². The highest BCUT2D eigenvalue weighted by molar-refractivity contribution is 7.80. The molecule has 4 N–H and O–H groups in total. The van der Waals surface area contributed by atoms with Gasteiger partial charge in [-0.2, -0.15) is 0 Å². The van der Waals surface area contributed by atoms with Crippen LogP contribution in [-0.2, 0) is 0 Å². The molecule has 0 aromatic heterocycles. The van der Waals surface area contributed by atoms with Crippen LogP contribution in [0.4, 0.5) is 15.8 Å². The second-order valence-corrected chi connectivity index (χ2v) is 4.84. The fourth-order valence-electron chi connectivity index (χ4n) is 1.78. The molecule has 2 aromatic carbocycles. The molecule has 2 rings (SSSR count). The fourth-order valence-corrected chi connectivity index (χ4v) is 2.01. The van der Waals surface area contributed by atoms with Gasteiger partial charge in [0.25, 0.3) is 0 Å². The summed E-state index contributed by atoms with van der Waals surface area (Å²) in [6.07, 6.45) is 0. The molecule has 0 aliphatic carbocycles. The number of halogens is 1. The highest BCUT2D eigenvalue weighted by Gasteiger charge is 2.06. The number of rotatable bonds is 3. The Bertz CT molecular complexity index is 703. The van der Waals surface area contributed by atoms with E-state index in [0.717, 1.165) is 0 Å². The average molecular weight is 303 g/mol. The van der Waals surface area contributed by atoms with Crippen molar-refractivity contribution in [3.63, 3.8) is 0 Å². The van der Waals surface area contributed by atoms with Gasteiger partial charge in [-0.3, -0.25) is 4.79 Å². The highest BCUT2D eigenvalue weighted by atomic mass is 32.1. The van der Waals surface area contributed by atoms with E-state index in [4.69, 9.17) is 18.0 Å². The predicted octanol–water partition coefficient (Wildman–Crippen LogP) is 3.04. The van der Waals surface area contributed by atoms with E-state index in [1.807, 2.05) is 0 Å². The van der Waals surface area contributed by atoms with Crippen molar-refractivity contribution in [3.05, 3.63) is 59.4 Å². The number of carbonyl (C=O) groups is 1. The zero-order valence-electron chi connectivity index (χ0n) is 11.3. The number of hydrogen-bond donors (Lipinski definition) is 3. The minimum atomic E-state index is -0.515. The first-order valence-corrected chi connectivity index (χ1v) is 6.61. The number of anilines is 2. The molecular weight excluding hydrogens is 289 g/mol. The van der Waals surface area contributed by atoms with Crippen molar-refractivity contribution >= 4 is 34.6 Å². The van der Waals surface area contributed by atoms with E-state index in [0.29, 0.717) is 27.6 Å². The van der Waals surface area contributed by atoms with Gasteiger partial charge in [-0.15, -0.1) is 0 Å². The first-order chi connectivity index (χ1) is 9.97. The Morgan fingerprint density at radius 1 is 1.19 bits per heavy atom. The molecule has 6 heteroatoms. The maximum atomic E-state index is 13.4. The van der Waals surface area contributed by atoms with Gasteiger partial charge in [-0.05, 0) is 49.5 Å². The molecule has 1 amide bonds. The van der Waals surface area contributed by atoms with Crippen LogP contribution < -0.4 is 16.4 Å². The fraction of sp³-hybridized carbons (Fsp3) is 0.0667. The molecule has 4 nitrogen and oxygen atoms in total. The van der Waals surface area contributed by atoms with Crippen molar-refractivity contribution in [2.24, 2.45) is 5.73 Å². The molecular formula is C15H14FN3OS. The summed E-state index contributed by atoms with van der Waals surface area (Å²) in [5, 5.41) is 6.13. The summed E-state index contributed by atoms with van der Waals surface area (Å²) in [6.45, 7) is 1.66. The van der Waals surface area contributed by atoms with E-state index >= 15 is 0 Å². The van der Waals surface area contributed by atoms with Gasteiger partial charge in [0, 0.05) is 22.5 Å². The lowest BCUT2D eigenvalue weighted by Crippen LogP contribution is -2.20. The van der Waals surface area contributed by atoms with E-state index < -0.39 is 5.91 Å². The zero-order chi connectivity index (χ0) is 15.4. The molecule has 21 heavy (non-hydrogen) atoms. The molecule has 0 aliphatic heterocycles. The molecule has 0 unspecified atom stereocenters. The summed E-state index contributed by atoms with van der Waals surface area (Å²) in [4.78, 5) is 11.1. The number of benzene rings is 2. The maximum Gasteiger partial charge on any atom is 0.248 e. The monoisotopic (exact) mass is 303 g/mol. The number of carbonyl (C=O) groups excluding carboxylic acids is 1. The van der Waals surface area contributed by atoms with Gasteiger partial charge in [0.1, 0.15) is 5.82 Å². The van der Waals surface area contributed by atoms with Crippen molar-refractivity contribution in [2.75, 3.05) is 10.6 Å². The standard InChI is InChI=1S/C15H14FN3OS/c1-9-12(16)6-3-7-13(9)19-15(21)18-11-5-2-4-10(8-11)14(17)20/h2-8H,1H3,(H2,17,20)(H2,18,19,21). The van der Waals surface area contributed by atoms with Gasteiger partial charge in [-0.1, -0.05) is 12.1 Å². The van der Waals surface area contributed by atoms with Gasteiger partial charge >= 0.3 is 0 Å². The van der Waals surface area contributed by atoms with Crippen molar-refractivity contribution in [1.29, 1.82) is 0 Å². The second-order valence-electron chi connectivity index (χ2n) is 4.44. The van der Waals surface area contributed by atoms with Crippen LogP contribution in [0.5, 0.6) is 0 Å². The number of amides is 1. The first-order valence-electron chi connectivity index (χ1n) is 6.20. The summed E-state index contributed by atoms with van der Waals surface area (Å²) in [7, 11) is 0. The first kappa shape index (κ1) is 14.9. The molecule has 0 fully saturated rings. The summed E-state index contributed by atoms with van der Waals surface area (Å²) >= 11 is 5.17. The molecule has 2 aromatic rings. The maximum absolute atomic E-state index is 13.4. The lowest BCUT2D eigenvalue weighted by molar-refractivity contribution is 0.100. The molecule has 0 saturated carbocycles. The number of hydrogen-bond acceptors (Lipinski definition) is 2. The van der Waals surface area contributed by atoms with Crippen LogP contribution in [0.2, 0.25) is 0 Å². The zero-order valence-corrected chi connectivity index (χ0v) is 12.1. The minimum Gasteiger partial charge on any atom is -0.366 e. The van der Waals surface area contributed by atoms with E-state index in [9.17, 15) is 9.18 Å². The molecule has 0 radical (unpaired) electrons. The van der Waals surface area contributed by atoms with Crippen LogP contribution in [0.1, 0.15) is 15.9 Å². The predicted molar refractivity (Wildman–Crippen MR) is 85.9 cm³/mol. The number of nitrogens with one attached hydrogen (secondary N) is 2. The molecule has 0 heterocycles. The normalized spacial score (nSPS) is 10.0. The van der Waals surface area contributed by atoms with Crippen molar-refractivity contribution in [2.45, 2.75) is 6.92 Å². The molecule has 0 aliphatic rings. The smallest absolute Gasteiger partial charge is 0.248 e. The van der Waals surface area contributed by atoms with Crippen LogP contribution >= 0.6 is 12.2 Å². The van der Waals surface area contributed by atoms with Crippen molar-refractivity contribution in [3.8, 4) is 0 Å². The topological polar surface area (TPSA) is 67.2 Å². The van der Waals surface area contributed by atoms with Crippen LogP contribution in [0.25, 0.3) is 0 Å². The van der Waals surface area contributed by atoms with E-state index in [2.05, 4.69) is 10.6 Å². The SMILES string of the molecule is Cc1c(F)cccc1NC(=S)Nc1cccc(C(N)=O)c1. The molecule has 108 valence electrons. The van der Waals surface area contributed by atoms with Crippen LogP contribution in [0.15, 0.2) is 42.5 Å². The Morgan fingerprint density at radius 2 is 1.90 bits per heavy atom. The highest BCUT2D eigenvalue weighted by Crippen LogP contribution is 2.18. The van der Waals surface area contributed by atoms with Gasteiger partial charge in [0.05, 0.1) is 0 Å². The summed E-state index contributed by atoms with van der Waals surface area (Å²) in [5.74, 6) is -0.822. The lowest BCUT2D eigenvalue weighted by Gasteiger charge is -2.13. The van der Waals surface area contributed by atoms with Gasteiger partial charge in [0.2, 0.25) is 5.91 Å². The minimum absolute atomic E-state index is 0.297. The van der Waals surface area contributed by atoms with Gasteiger partial charge < -0.3 is 16.4 Å². The molecule has 0 spiro atoms. The van der Waals surface area contributed by atoms with Crippen LogP contribution in [0.3, 0.4) is 0 Å². The lowest BCUT2D eigenvalue weighted by atomic mass is 10.2. The van der Waals surface area contributed by atoms with Gasteiger partial charge in [0.15, 0.2) is 5.11 Å². The molecule has 0 atom stereocenters. The Morgan fingerprint density at radius 3 is 2.62 bits per heavy atom. The Hall–Kier alpha value is -2.47. The van der Waals surface area contributed by atoms with E-state index in [1.165, 1.54) is 6.07 Å². The quantitative estimate of drug-likeness (QED) is 0.762. The van der Waals surface area contributed by atoms with E-state index in [-0.39, 0.29) is 5.82 Å². The van der Waals surface area contributed by atoms with E-state index in [1.54, 1.807) is 43.3 Å². The third kappa shape index (κ3) is 3.76. The number of thiocarbonyl (C=S) groups is 1. The Labute approximate surface area is 127 Å². The third-order valence-corrected chi connectivity index (χ3v) is 3.12. The summed E-state index contributed by atoms with van der Waals surface area (Å²) in [5.41, 5.74) is 7.28. The van der Waals surface area contributed by atoms with Gasteiger partial charge in [-0.25, -0.2) is 4.39 Å². The summed E-state index contributed by atoms with van der Waals surface area (Å²) in [6, 6.07) is 11.4. The third-order valence-electron chi connectivity index (χ3n) is 2.92. The van der Waals surface area contributed by atoms with Crippen molar-refractivity contribution < 1.29 is 9.18 Å². The number of primary amides is 1. The van der Waals surface area contributed by atoms with Crippen LogP contribution in [-0.4, -0.2) is 11.0 Å². The van der Waals surface area contributed by atoms with Crippen molar-refractivity contribution in [1.82, 2.24) is 0 Å². The molecule has 0 bridgehead atoms. The molecule has 0 saturated heterocycles. The average Bonchev–Trinajstić information content (AvgIpc) is 2.44. The number of nitrogens with two attached hydrogens (primary N) is 1.